The highest BCUT2D eigenvalue weighted by molar-refractivity contribution is 5.94. The van der Waals surface area contributed by atoms with Gasteiger partial charge in [-0.05, 0) is 113 Å². The molecule has 0 saturated carbocycles. The molecule has 0 amide bonds. The number of hydrogen-bond acceptors (Lipinski definition) is 3. The van der Waals surface area contributed by atoms with E-state index in [0.717, 1.165) is 67.2 Å². The summed E-state index contributed by atoms with van der Waals surface area (Å²) in [6.45, 7) is 2.11. The smallest absolute Gasteiger partial charge is 0.100 e. The van der Waals surface area contributed by atoms with Crippen molar-refractivity contribution in [2.24, 2.45) is 0 Å². The van der Waals surface area contributed by atoms with E-state index < -0.39 is 0 Å². The molecule has 0 unspecified atom stereocenters. The van der Waals surface area contributed by atoms with E-state index in [2.05, 4.69) is 211 Å². The van der Waals surface area contributed by atoms with Crippen molar-refractivity contribution in [2.45, 2.75) is 6.92 Å². The van der Waals surface area contributed by atoms with Crippen molar-refractivity contribution < 1.29 is 0 Å². The monoisotopic (exact) mass is 705 g/mol. The third kappa shape index (κ3) is 7.86. The molecule has 0 fully saturated rings. The molecule has 3 nitrogen and oxygen atoms in total. The number of fused-ring (bicyclic) bond motifs is 1. The van der Waals surface area contributed by atoms with Gasteiger partial charge in [-0.2, -0.15) is 5.26 Å². The summed E-state index contributed by atoms with van der Waals surface area (Å²) in [5.74, 6) is 0. The van der Waals surface area contributed by atoms with Gasteiger partial charge in [0.15, 0.2) is 0 Å². The lowest BCUT2D eigenvalue weighted by Gasteiger charge is -2.25. The summed E-state index contributed by atoms with van der Waals surface area (Å²) in [5, 5.41) is 12.2. The largest absolute Gasteiger partial charge is 0.311 e. The third-order valence-corrected chi connectivity index (χ3v) is 9.75. The molecule has 0 aliphatic heterocycles. The molecule has 3 heteroatoms. The zero-order valence-corrected chi connectivity index (χ0v) is 30.6. The van der Waals surface area contributed by atoms with Gasteiger partial charge in [-0.1, -0.05) is 145 Å². The molecule has 0 aromatic heterocycles. The van der Waals surface area contributed by atoms with Crippen LogP contribution in [-0.2, 0) is 0 Å². The number of rotatable bonds is 10. The SMILES string of the molecule is Cc1ccc(N(c2ccccc2)c2ccc(/C=C/c3ccc4c(C#N)c(/C=C/c5ccc(N(c6ccccc6)c6ccccc6)cc5)ccc4c3)cc2)cc1. The second-order valence-electron chi connectivity index (χ2n) is 13.5. The molecule has 262 valence electrons. The Morgan fingerprint density at radius 1 is 0.400 bits per heavy atom. The van der Waals surface area contributed by atoms with E-state index in [0.29, 0.717) is 5.56 Å². The molecule has 0 saturated heterocycles. The Balaban J connectivity index is 0.993. The van der Waals surface area contributed by atoms with Crippen molar-refractivity contribution in [3.05, 3.63) is 228 Å². The number of anilines is 6. The fourth-order valence-electron chi connectivity index (χ4n) is 6.90. The molecule has 8 rings (SSSR count). The normalized spacial score (nSPS) is 11.2. The third-order valence-electron chi connectivity index (χ3n) is 9.75. The predicted molar refractivity (Wildman–Crippen MR) is 234 cm³/mol. The van der Waals surface area contributed by atoms with Gasteiger partial charge in [-0.25, -0.2) is 0 Å². The van der Waals surface area contributed by atoms with Gasteiger partial charge in [0.05, 0.1) is 5.56 Å². The fourth-order valence-corrected chi connectivity index (χ4v) is 6.90. The first-order chi connectivity index (χ1) is 27.1. The van der Waals surface area contributed by atoms with E-state index in [1.54, 1.807) is 0 Å². The van der Waals surface area contributed by atoms with Gasteiger partial charge in [0, 0.05) is 39.5 Å². The maximum Gasteiger partial charge on any atom is 0.100 e. The lowest BCUT2D eigenvalue weighted by molar-refractivity contribution is 1.27. The summed E-state index contributed by atoms with van der Waals surface area (Å²) in [6, 6.07) is 69.9. The summed E-state index contributed by atoms with van der Waals surface area (Å²) < 4.78 is 0. The van der Waals surface area contributed by atoms with E-state index >= 15 is 0 Å². The van der Waals surface area contributed by atoms with Crippen LogP contribution < -0.4 is 9.80 Å². The van der Waals surface area contributed by atoms with Gasteiger partial charge in [0.2, 0.25) is 0 Å². The highest BCUT2D eigenvalue weighted by Crippen LogP contribution is 2.36. The Labute approximate surface area is 323 Å². The summed E-state index contributed by atoms with van der Waals surface area (Å²) in [4.78, 5) is 4.52. The van der Waals surface area contributed by atoms with Crippen LogP contribution in [0.4, 0.5) is 34.1 Å². The van der Waals surface area contributed by atoms with Crippen LogP contribution in [0.3, 0.4) is 0 Å². The van der Waals surface area contributed by atoms with E-state index in [1.807, 2.05) is 30.3 Å². The second kappa shape index (κ2) is 16.1. The van der Waals surface area contributed by atoms with Gasteiger partial charge in [0.25, 0.3) is 0 Å². The molecular weight excluding hydrogens is 667 g/mol. The molecule has 0 bridgehead atoms. The Hall–Kier alpha value is -7.41. The van der Waals surface area contributed by atoms with Crippen LogP contribution in [0, 0.1) is 18.3 Å². The van der Waals surface area contributed by atoms with Crippen LogP contribution in [0.25, 0.3) is 35.1 Å². The van der Waals surface area contributed by atoms with Crippen molar-refractivity contribution in [1.82, 2.24) is 0 Å². The molecule has 0 N–H and O–H groups in total. The van der Waals surface area contributed by atoms with E-state index in [9.17, 15) is 5.26 Å². The van der Waals surface area contributed by atoms with Gasteiger partial charge < -0.3 is 9.80 Å². The highest BCUT2D eigenvalue weighted by Gasteiger charge is 2.13. The first kappa shape index (κ1) is 34.7. The van der Waals surface area contributed by atoms with Crippen LogP contribution in [0.5, 0.6) is 0 Å². The van der Waals surface area contributed by atoms with Gasteiger partial charge in [0.1, 0.15) is 6.07 Å². The van der Waals surface area contributed by atoms with Crippen LogP contribution in [0.2, 0.25) is 0 Å². The number of benzene rings is 8. The molecule has 0 radical (unpaired) electrons. The van der Waals surface area contributed by atoms with E-state index in [-0.39, 0.29) is 0 Å². The van der Waals surface area contributed by atoms with Crippen molar-refractivity contribution in [3.8, 4) is 6.07 Å². The maximum atomic E-state index is 10.3. The minimum absolute atomic E-state index is 0.673. The van der Waals surface area contributed by atoms with Gasteiger partial charge >= 0.3 is 0 Å². The topological polar surface area (TPSA) is 30.3 Å². The summed E-state index contributed by atoms with van der Waals surface area (Å²) in [6.07, 6.45) is 8.37. The molecular formula is C52H39N3. The standard InChI is InChI=1S/C52H39N3/c1-39-17-30-48(31-18-39)55(47-15-9-4-10-16-47)50-32-22-40(23-33-50)19-20-42-26-36-51-44(37-42)29-28-43(52(51)38-53)27-21-41-24-34-49(35-25-41)54(45-11-5-2-6-12-45)46-13-7-3-8-14-46/h2-37H,1H3/b20-19+,27-21+. The van der Waals surface area contributed by atoms with Crippen LogP contribution in [0.15, 0.2) is 194 Å². The van der Waals surface area contributed by atoms with Crippen LogP contribution in [0.1, 0.15) is 33.4 Å². The minimum Gasteiger partial charge on any atom is -0.311 e. The Morgan fingerprint density at radius 3 is 1.27 bits per heavy atom. The predicted octanol–water partition coefficient (Wildman–Crippen LogP) is 14.3. The molecule has 0 atom stereocenters. The van der Waals surface area contributed by atoms with Crippen LogP contribution >= 0.6 is 0 Å². The van der Waals surface area contributed by atoms with E-state index in [4.69, 9.17) is 0 Å². The average Bonchev–Trinajstić information content (AvgIpc) is 3.25. The molecule has 0 aliphatic carbocycles. The summed E-state index contributed by atoms with van der Waals surface area (Å²) in [5.41, 5.74) is 12.7. The zero-order chi connectivity index (χ0) is 37.4. The van der Waals surface area contributed by atoms with Crippen molar-refractivity contribution >= 4 is 69.2 Å². The molecule has 55 heavy (non-hydrogen) atoms. The van der Waals surface area contributed by atoms with Gasteiger partial charge in [-0.3, -0.25) is 0 Å². The number of nitriles is 1. The number of aryl methyl sites for hydroxylation is 1. The number of para-hydroxylation sites is 3. The zero-order valence-electron chi connectivity index (χ0n) is 30.6. The molecule has 0 aliphatic rings. The maximum absolute atomic E-state index is 10.3. The Morgan fingerprint density at radius 2 is 0.800 bits per heavy atom. The minimum atomic E-state index is 0.673. The summed E-state index contributed by atoms with van der Waals surface area (Å²) >= 11 is 0. The lowest BCUT2D eigenvalue weighted by Crippen LogP contribution is -2.09. The van der Waals surface area contributed by atoms with Crippen molar-refractivity contribution in [1.29, 1.82) is 5.26 Å². The quantitative estimate of drug-likeness (QED) is 0.133. The van der Waals surface area contributed by atoms with Crippen molar-refractivity contribution in [2.75, 3.05) is 9.80 Å². The second-order valence-corrected chi connectivity index (χ2v) is 13.5. The summed E-state index contributed by atoms with van der Waals surface area (Å²) in [7, 11) is 0. The van der Waals surface area contributed by atoms with Crippen molar-refractivity contribution in [3.63, 3.8) is 0 Å². The average molecular weight is 706 g/mol. The molecule has 0 spiro atoms. The van der Waals surface area contributed by atoms with Gasteiger partial charge in [-0.15, -0.1) is 0 Å². The first-order valence-corrected chi connectivity index (χ1v) is 18.5. The Kier molecular flexibility index (Phi) is 10.1. The molecule has 8 aromatic carbocycles. The molecule has 0 heterocycles. The van der Waals surface area contributed by atoms with Crippen LogP contribution in [-0.4, -0.2) is 0 Å². The first-order valence-electron chi connectivity index (χ1n) is 18.5. The fraction of sp³-hybridized carbons (Fsp3) is 0.0192. The number of nitrogens with zero attached hydrogens (tertiary/aromatic N) is 3. The number of hydrogen-bond donors (Lipinski definition) is 0. The van der Waals surface area contributed by atoms with E-state index in [1.165, 1.54) is 5.56 Å². The Bertz CT molecular complexity index is 2580. The molecule has 8 aromatic rings. The lowest BCUT2D eigenvalue weighted by atomic mass is 9.97. The highest BCUT2D eigenvalue weighted by atomic mass is 15.1.